The van der Waals surface area contributed by atoms with Crippen molar-refractivity contribution in [2.75, 3.05) is 0 Å². The van der Waals surface area contributed by atoms with Crippen LogP contribution in [-0.2, 0) is 24.1 Å². The molecule has 2 bridgehead atoms. The van der Waals surface area contributed by atoms with Gasteiger partial charge in [0.15, 0.2) is 0 Å². The van der Waals surface area contributed by atoms with E-state index in [0.29, 0.717) is 18.3 Å². The van der Waals surface area contributed by atoms with Crippen LogP contribution < -0.4 is 10.0 Å². The maximum Gasteiger partial charge on any atom is 0.481 e. The second kappa shape index (κ2) is 10.1. The van der Waals surface area contributed by atoms with Crippen molar-refractivity contribution < 1.29 is 27.6 Å². The van der Waals surface area contributed by atoms with Gasteiger partial charge < -0.3 is 19.7 Å². The molecule has 3 aliphatic carbocycles. The largest absolute Gasteiger partial charge is 0.481 e. The van der Waals surface area contributed by atoms with Crippen LogP contribution in [0, 0.1) is 23.2 Å². The average Bonchev–Trinajstić information content (AvgIpc) is 3.23. The molecule has 0 unspecified atom stereocenters. The van der Waals surface area contributed by atoms with Gasteiger partial charge in [0.25, 0.3) is 0 Å². The lowest BCUT2D eigenvalue weighted by molar-refractivity contribution is -0.199. The number of carbonyl (C=O) groups excluding carboxylic acids is 1. The van der Waals surface area contributed by atoms with Crippen molar-refractivity contribution in [1.82, 2.24) is 10.0 Å². The van der Waals surface area contributed by atoms with E-state index < -0.39 is 46.7 Å². The van der Waals surface area contributed by atoms with E-state index in [4.69, 9.17) is 9.31 Å². The number of nitrogens with one attached hydrogen (secondary N) is 2. The van der Waals surface area contributed by atoms with Gasteiger partial charge in [0.1, 0.15) is 6.04 Å². The molecular weight excluding hydrogens is 515 g/mol. The molecule has 1 aliphatic heterocycles. The number of fused-ring (bicyclic) bond motifs is 1. The summed E-state index contributed by atoms with van der Waals surface area (Å²) in [7, 11) is -4.74. The molecule has 39 heavy (non-hydrogen) atoms. The zero-order valence-corrected chi connectivity index (χ0v) is 24.5. The Balaban J connectivity index is 1.33. The van der Waals surface area contributed by atoms with Crippen LogP contribution in [0.5, 0.6) is 0 Å². The molecule has 1 amide bonds. The van der Waals surface area contributed by atoms with E-state index in [1.54, 1.807) is 12.1 Å². The lowest BCUT2D eigenvalue weighted by Crippen LogP contribution is -2.65. The SMILES string of the molecule is CC(C)C[C@H](NC(=O)[C@@H](NS(=O)(=O)c1ccc2ccccc2c1)[C@@H](C)O)B1O[C@@H]2C[C@@H]3C[C@@H](C3(C)C)[C@]2(C)O1. The molecule has 7 atom stereocenters. The molecule has 212 valence electrons. The summed E-state index contributed by atoms with van der Waals surface area (Å²) < 4.78 is 42.0. The molecule has 10 heteroatoms. The zero-order valence-electron chi connectivity index (χ0n) is 23.7. The Kier molecular flexibility index (Phi) is 7.42. The highest BCUT2D eigenvalue weighted by Crippen LogP contribution is 2.65. The molecular formula is C29H41BN2O6S. The third-order valence-corrected chi connectivity index (χ3v) is 10.9. The van der Waals surface area contributed by atoms with Crippen LogP contribution in [0.3, 0.4) is 0 Å². The van der Waals surface area contributed by atoms with Gasteiger partial charge in [0.05, 0.1) is 28.6 Å². The highest BCUT2D eigenvalue weighted by atomic mass is 32.2. The van der Waals surface area contributed by atoms with Gasteiger partial charge in [-0.05, 0) is 79.2 Å². The normalized spacial score (nSPS) is 29.9. The summed E-state index contributed by atoms with van der Waals surface area (Å²) in [6, 6.07) is 10.8. The van der Waals surface area contributed by atoms with E-state index in [1.165, 1.54) is 13.0 Å². The minimum Gasteiger partial charge on any atom is -0.404 e. The van der Waals surface area contributed by atoms with Crippen LogP contribution in [0.4, 0.5) is 0 Å². The van der Waals surface area contributed by atoms with Crippen molar-refractivity contribution in [3.63, 3.8) is 0 Å². The predicted octanol–water partition coefficient (Wildman–Crippen LogP) is 3.67. The third-order valence-electron chi connectivity index (χ3n) is 9.43. The number of benzene rings is 2. The first-order valence-corrected chi connectivity index (χ1v) is 15.5. The molecule has 0 spiro atoms. The first-order valence-electron chi connectivity index (χ1n) is 14.0. The van der Waals surface area contributed by atoms with Gasteiger partial charge in [-0.3, -0.25) is 4.79 Å². The Bertz CT molecular complexity index is 1350. The Morgan fingerprint density at radius 2 is 1.79 bits per heavy atom. The summed E-state index contributed by atoms with van der Waals surface area (Å²) in [5.74, 6) is 0.101. The summed E-state index contributed by atoms with van der Waals surface area (Å²) in [5, 5.41) is 15.1. The van der Waals surface area contributed by atoms with Gasteiger partial charge in [-0.25, -0.2) is 8.42 Å². The molecule has 6 rings (SSSR count). The quantitative estimate of drug-likeness (QED) is 0.407. The molecule has 3 N–H and O–H groups in total. The minimum absolute atomic E-state index is 0.0273. The Morgan fingerprint density at radius 1 is 1.10 bits per heavy atom. The van der Waals surface area contributed by atoms with Crippen molar-refractivity contribution in [3.8, 4) is 0 Å². The number of carbonyl (C=O) groups is 1. The molecule has 3 saturated carbocycles. The number of hydrogen-bond donors (Lipinski definition) is 3. The highest BCUT2D eigenvalue weighted by Gasteiger charge is 2.68. The fourth-order valence-corrected chi connectivity index (χ4v) is 8.33. The highest BCUT2D eigenvalue weighted by molar-refractivity contribution is 7.89. The van der Waals surface area contributed by atoms with Crippen LogP contribution in [0.2, 0.25) is 0 Å². The van der Waals surface area contributed by atoms with Gasteiger partial charge in [0, 0.05) is 0 Å². The number of amides is 1. The Morgan fingerprint density at radius 3 is 2.44 bits per heavy atom. The van der Waals surface area contributed by atoms with Crippen LogP contribution in [0.25, 0.3) is 10.8 Å². The lowest BCUT2D eigenvalue weighted by Gasteiger charge is -2.64. The van der Waals surface area contributed by atoms with Crippen molar-refractivity contribution in [2.24, 2.45) is 23.2 Å². The van der Waals surface area contributed by atoms with E-state index in [9.17, 15) is 18.3 Å². The van der Waals surface area contributed by atoms with Crippen LogP contribution in [0.1, 0.15) is 60.8 Å². The topological polar surface area (TPSA) is 114 Å². The fourth-order valence-electron chi connectivity index (χ4n) is 7.03. The number of hydrogen-bond acceptors (Lipinski definition) is 6. The summed E-state index contributed by atoms with van der Waals surface area (Å²) in [6.07, 6.45) is 1.34. The Labute approximate surface area is 232 Å². The second-order valence-electron chi connectivity index (χ2n) is 12.9. The maximum atomic E-state index is 13.5. The molecule has 0 aromatic heterocycles. The predicted molar refractivity (Wildman–Crippen MR) is 151 cm³/mol. The van der Waals surface area contributed by atoms with E-state index in [-0.39, 0.29) is 22.3 Å². The molecule has 1 saturated heterocycles. The van der Waals surface area contributed by atoms with Gasteiger partial charge in [0.2, 0.25) is 15.9 Å². The second-order valence-corrected chi connectivity index (χ2v) is 14.6. The molecule has 4 fully saturated rings. The molecule has 2 aromatic carbocycles. The summed E-state index contributed by atoms with van der Waals surface area (Å²) in [6.45, 7) is 12.2. The first kappa shape index (κ1) is 28.5. The van der Waals surface area contributed by atoms with E-state index in [0.717, 1.165) is 23.6 Å². The lowest BCUT2D eigenvalue weighted by atomic mass is 9.43. The van der Waals surface area contributed by atoms with E-state index in [1.807, 2.05) is 24.3 Å². The van der Waals surface area contributed by atoms with Crippen molar-refractivity contribution >= 4 is 33.8 Å². The van der Waals surface area contributed by atoms with Crippen molar-refractivity contribution in [3.05, 3.63) is 42.5 Å². The van der Waals surface area contributed by atoms with Gasteiger partial charge in [-0.15, -0.1) is 0 Å². The standard InChI is InChI=1S/C29H41BN2O6S/c1-17(2)13-25(30-37-24-16-21-15-23(28(21,4)5)29(24,6)38-30)31-27(34)26(18(3)33)32-39(35,36)22-12-11-19-9-7-8-10-20(19)14-22/h7-12,14,17-18,21,23-26,32-33H,13,15-16H2,1-6H3,(H,31,34)/t18-,21+,23+,24-,25+,26+,29+/m1/s1. The van der Waals surface area contributed by atoms with E-state index >= 15 is 0 Å². The molecule has 2 aromatic rings. The third kappa shape index (κ3) is 5.15. The summed E-state index contributed by atoms with van der Waals surface area (Å²) >= 11 is 0. The average molecular weight is 557 g/mol. The number of rotatable bonds is 9. The van der Waals surface area contributed by atoms with Crippen LogP contribution in [-0.4, -0.2) is 56.3 Å². The van der Waals surface area contributed by atoms with Crippen LogP contribution in [0.15, 0.2) is 47.4 Å². The molecule has 8 nitrogen and oxygen atoms in total. The maximum absolute atomic E-state index is 13.5. The number of aliphatic hydroxyl groups is 1. The molecule has 0 radical (unpaired) electrons. The number of aliphatic hydroxyl groups excluding tert-OH is 1. The first-order chi connectivity index (χ1) is 18.2. The summed E-state index contributed by atoms with van der Waals surface area (Å²) in [5.41, 5.74) is -0.233. The molecule has 4 aliphatic rings. The van der Waals surface area contributed by atoms with Gasteiger partial charge in [-0.2, -0.15) is 4.72 Å². The monoisotopic (exact) mass is 556 g/mol. The molecule has 1 heterocycles. The van der Waals surface area contributed by atoms with Crippen LogP contribution >= 0.6 is 0 Å². The number of sulfonamides is 1. The van der Waals surface area contributed by atoms with E-state index in [2.05, 4.69) is 44.7 Å². The van der Waals surface area contributed by atoms with Gasteiger partial charge >= 0.3 is 7.12 Å². The van der Waals surface area contributed by atoms with Crippen molar-refractivity contribution in [2.45, 2.75) is 95.5 Å². The van der Waals surface area contributed by atoms with Crippen molar-refractivity contribution in [1.29, 1.82) is 0 Å². The minimum atomic E-state index is -4.09. The fraction of sp³-hybridized carbons (Fsp3) is 0.621. The Hall–Kier alpha value is -1.98. The smallest absolute Gasteiger partial charge is 0.404 e. The van der Waals surface area contributed by atoms with Gasteiger partial charge in [-0.1, -0.05) is 58.0 Å². The summed E-state index contributed by atoms with van der Waals surface area (Å²) in [4.78, 5) is 13.5. The zero-order chi connectivity index (χ0) is 28.3.